The van der Waals surface area contributed by atoms with Gasteiger partial charge in [0, 0.05) is 67.5 Å². The van der Waals surface area contributed by atoms with Crippen LogP contribution in [0.4, 0.5) is 0 Å². The second kappa shape index (κ2) is 9.65. The fourth-order valence-corrected chi connectivity index (χ4v) is 4.60. The van der Waals surface area contributed by atoms with Crippen LogP contribution in [0.1, 0.15) is 30.2 Å². The number of fused-ring (bicyclic) bond motifs is 1. The highest BCUT2D eigenvalue weighted by atomic mass is 16.5. The summed E-state index contributed by atoms with van der Waals surface area (Å²) in [5, 5.41) is 11.0. The van der Waals surface area contributed by atoms with E-state index in [-0.39, 0.29) is 6.61 Å². The number of aromatic nitrogens is 1. The number of hydrogen-bond donors (Lipinski definition) is 2. The van der Waals surface area contributed by atoms with Crippen LogP contribution < -0.4 is 4.74 Å². The van der Waals surface area contributed by atoms with Crippen LogP contribution in [-0.2, 0) is 13.1 Å². The Hall–Kier alpha value is -2.34. The highest BCUT2D eigenvalue weighted by Crippen LogP contribution is 2.26. The van der Waals surface area contributed by atoms with E-state index in [1.165, 1.54) is 27.7 Å². The maximum atomic E-state index is 9.68. The third kappa shape index (κ3) is 4.53. The van der Waals surface area contributed by atoms with Crippen LogP contribution in [-0.4, -0.2) is 58.8 Å². The Morgan fingerprint density at radius 3 is 2.67 bits per heavy atom. The molecule has 0 amide bonds. The predicted molar refractivity (Wildman–Crippen MR) is 122 cm³/mol. The van der Waals surface area contributed by atoms with Crippen molar-refractivity contribution in [3.63, 3.8) is 0 Å². The minimum Gasteiger partial charge on any atom is -0.494 e. The number of piperazine rings is 1. The lowest BCUT2D eigenvalue weighted by molar-refractivity contribution is 0.0488. The quantitative estimate of drug-likeness (QED) is 0.594. The first kappa shape index (κ1) is 20.9. The number of hydrogen-bond acceptors (Lipinski definition) is 4. The van der Waals surface area contributed by atoms with Crippen molar-refractivity contribution >= 4 is 10.9 Å². The van der Waals surface area contributed by atoms with E-state index >= 15 is 0 Å². The van der Waals surface area contributed by atoms with E-state index < -0.39 is 0 Å². The molecule has 0 saturated carbocycles. The van der Waals surface area contributed by atoms with Gasteiger partial charge >= 0.3 is 0 Å². The number of aliphatic hydroxyl groups is 1. The molecule has 5 heteroatoms. The fraction of sp³-hybridized carbons (Fsp3) is 0.440. The summed E-state index contributed by atoms with van der Waals surface area (Å²) in [5.41, 5.74) is 5.08. The molecule has 3 aromatic rings. The van der Waals surface area contributed by atoms with Gasteiger partial charge in [0.2, 0.25) is 0 Å². The van der Waals surface area contributed by atoms with Crippen LogP contribution in [0.15, 0.2) is 48.5 Å². The number of para-hydroxylation sites is 2. The van der Waals surface area contributed by atoms with E-state index in [0.717, 1.165) is 44.9 Å². The number of rotatable bonds is 8. The zero-order chi connectivity index (χ0) is 20.9. The first-order valence-corrected chi connectivity index (χ1v) is 11.0. The molecule has 2 N–H and O–H groups in total. The molecule has 1 fully saturated rings. The summed E-state index contributed by atoms with van der Waals surface area (Å²) < 4.78 is 5.83. The van der Waals surface area contributed by atoms with E-state index in [1.807, 2.05) is 13.0 Å². The maximum Gasteiger partial charge on any atom is 0.123 e. The lowest BCUT2D eigenvalue weighted by Crippen LogP contribution is -2.52. The maximum absolute atomic E-state index is 9.68. The highest BCUT2D eigenvalue weighted by molar-refractivity contribution is 5.84. The number of ether oxygens (including phenoxy) is 1. The van der Waals surface area contributed by atoms with Gasteiger partial charge in [-0.25, -0.2) is 0 Å². The smallest absolute Gasteiger partial charge is 0.123 e. The normalized spacial score (nSPS) is 18.2. The van der Waals surface area contributed by atoms with Crippen molar-refractivity contribution in [2.45, 2.75) is 39.4 Å². The summed E-state index contributed by atoms with van der Waals surface area (Å²) in [7, 11) is 0. The monoisotopic (exact) mass is 407 g/mol. The molecular formula is C25H33N3O2. The second-order valence-corrected chi connectivity index (χ2v) is 8.19. The molecule has 5 nitrogen and oxygen atoms in total. The molecule has 0 radical (unpaired) electrons. The van der Waals surface area contributed by atoms with Gasteiger partial charge in [-0.15, -0.1) is 0 Å². The Morgan fingerprint density at radius 1 is 1.07 bits per heavy atom. The molecule has 1 aliphatic heterocycles. The number of aliphatic hydroxyl groups excluding tert-OH is 1. The third-order valence-electron chi connectivity index (χ3n) is 6.25. The molecular weight excluding hydrogens is 374 g/mol. The van der Waals surface area contributed by atoms with Crippen molar-refractivity contribution in [3.8, 4) is 5.75 Å². The van der Waals surface area contributed by atoms with Crippen molar-refractivity contribution in [1.29, 1.82) is 0 Å². The van der Waals surface area contributed by atoms with Gasteiger partial charge < -0.3 is 14.8 Å². The molecule has 0 bridgehead atoms. The molecule has 1 aliphatic rings. The molecule has 1 aromatic heterocycles. The second-order valence-electron chi connectivity index (χ2n) is 8.19. The zero-order valence-electron chi connectivity index (χ0n) is 18.1. The van der Waals surface area contributed by atoms with E-state index in [2.05, 4.69) is 64.2 Å². The summed E-state index contributed by atoms with van der Waals surface area (Å²) in [5.74, 6) is 0.971. The van der Waals surface area contributed by atoms with Crippen molar-refractivity contribution < 1.29 is 9.84 Å². The van der Waals surface area contributed by atoms with Gasteiger partial charge in [0.25, 0.3) is 0 Å². The largest absolute Gasteiger partial charge is 0.494 e. The Labute approximate surface area is 179 Å². The third-order valence-corrected chi connectivity index (χ3v) is 6.25. The predicted octanol–water partition coefficient (Wildman–Crippen LogP) is 3.94. The lowest BCUT2D eigenvalue weighted by Gasteiger charge is -2.41. The van der Waals surface area contributed by atoms with Crippen molar-refractivity contribution in [2.24, 2.45) is 0 Å². The van der Waals surface area contributed by atoms with E-state index in [4.69, 9.17) is 4.74 Å². The highest BCUT2D eigenvalue weighted by Gasteiger charge is 2.28. The molecule has 0 aliphatic carbocycles. The number of nitrogens with zero attached hydrogens (tertiary/aromatic N) is 2. The van der Waals surface area contributed by atoms with Crippen molar-refractivity contribution in [3.05, 3.63) is 65.4 Å². The average Bonchev–Trinajstić information content (AvgIpc) is 3.07. The van der Waals surface area contributed by atoms with Crippen LogP contribution in [0, 0.1) is 6.92 Å². The van der Waals surface area contributed by atoms with Gasteiger partial charge in [0.15, 0.2) is 0 Å². The van der Waals surface area contributed by atoms with Crippen LogP contribution in [0.2, 0.25) is 0 Å². The van der Waals surface area contributed by atoms with E-state index in [9.17, 15) is 5.11 Å². The Bertz CT molecular complexity index is 968. The van der Waals surface area contributed by atoms with E-state index in [1.54, 1.807) is 0 Å². The molecule has 2 aromatic carbocycles. The first-order valence-electron chi connectivity index (χ1n) is 11.0. The van der Waals surface area contributed by atoms with Crippen LogP contribution in [0.5, 0.6) is 5.75 Å². The van der Waals surface area contributed by atoms with Crippen LogP contribution in [0.3, 0.4) is 0 Å². The summed E-state index contributed by atoms with van der Waals surface area (Å²) in [4.78, 5) is 8.63. The molecule has 2 heterocycles. The summed E-state index contributed by atoms with van der Waals surface area (Å²) in [6.07, 6.45) is 0.791. The van der Waals surface area contributed by atoms with Crippen LogP contribution in [0.25, 0.3) is 10.9 Å². The van der Waals surface area contributed by atoms with Crippen molar-refractivity contribution in [2.75, 3.05) is 32.8 Å². The van der Waals surface area contributed by atoms with Gasteiger partial charge in [-0.05, 0) is 38.0 Å². The first-order chi connectivity index (χ1) is 14.7. The van der Waals surface area contributed by atoms with E-state index in [0.29, 0.717) is 12.6 Å². The molecule has 4 rings (SSSR count). The van der Waals surface area contributed by atoms with Gasteiger partial charge in [0.1, 0.15) is 5.75 Å². The zero-order valence-corrected chi connectivity index (χ0v) is 18.1. The molecule has 30 heavy (non-hydrogen) atoms. The Balaban J connectivity index is 1.46. The Morgan fingerprint density at radius 2 is 1.87 bits per heavy atom. The number of aryl methyl sites for hydroxylation is 1. The van der Waals surface area contributed by atoms with Gasteiger partial charge in [-0.1, -0.05) is 36.4 Å². The number of benzene rings is 2. The fourth-order valence-electron chi connectivity index (χ4n) is 4.60. The summed E-state index contributed by atoms with van der Waals surface area (Å²) >= 11 is 0. The van der Waals surface area contributed by atoms with Gasteiger partial charge in [-0.2, -0.15) is 0 Å². The average molecular weight is 408 g/mol. The molecule has 1 atom stereocenters. The standard InChI is InChI=1S/C25H33N3O2/c1-3-30-25-11-7-4-8-20(25)16-28-14-13-27(17-21(28)12-15-29)18-24-19(2)22-9-5-6-10-23(22)26-24/h4-11,21,26,29H,3,12-18H2,1-2H3/t21-/m0/s1. The van der Waals surface area contributed by atoms with Gasteiger partial charge in [-0.3, -0.25) is 9.80 Å². The summed E-state index contributed by atoms with van der Waals surface area (Å²) in [6.45, 7) is 9.88. The molecule has 160 valence electrons. The molecule has 1 saturated heterocycles. The van der Waals surface area contributed by atoms with Gasteiger partial charge in [0.05, 0.1) is 6.61 Å². The Kier molecular flexibility index (Phi) is 6.72. The SMILES string of the molecule is CCOc1ccccc1CN1CCN(Cc2[nH]c3ccccc3c2C)C[C@@H]1CCO. The minimum absolute atomic E-state index is 0.216. The lowest BCUT2D eigenvalue weighted by atomic mass is 10.1. The number of H-pyrrole nitrogens is 1. The molecule has 0 spiro atoms. The number of aromatic amines is 1. The minimum atomic E-state index is 0.216. The van der Waals surface area contributed by atoms with Crippen LogP contribution >= 0.6 is 0 Å². The number of nitrogens with one attached hydrogen (secondary N) is 1. The molecule has 0 unspecified atom stereocenters. The summed E-state index contributed by atoms with van der Waals surface area (Å²) in [6, 6.07) is 17.2. The van der Waals surface area contributed by atoms with Crippen molar-refractivity contribution in [1.82, 2.24) is 14.8 Å². The topological polar surface area (TPSA) is 51.7 Å².